The number of rotatable bonds is 3. The SMILES string of the molecule is Cc1ccc(N(C)Cc2c(F)ccc(Br)c2F)cc1. The van der Waals surface area contributed by atoms with Gasteiger partial charge in [-0.2, -0.15) is 0 Å². The lowest BCUT2D eigenvalue weighted by atomic mass is 10.1. The van der Waals surface area contributed by atoms with Crippen molar-refractivity contribution in [3.8, 4) is 0 Å². The van der Waals surface area contributed by atoms with E-state index in [0.29, 0.717) is 0 Å². The van der Waals surface area contributed by atoms with Crippen LogP contribution in [0, 0.1) is 18.6 Å². The lowest BCUT2D eigenvalue weighted by molar-refractivity contribution is 0.549. The normalized spacial score (nSPS) is 10.6. The standard InChI is InChI=1S/C15H14BrF2N/c1-10-3-5-11(6-4-10)19(2)9-12-14(17)8-7-13(16)15(12)18/h3-8H,9H2,1-2H3. The molecule has 19 heavy (non-hydrogen) atoms. The van der Waals surface area contributed by atoms with Gasteiger partial charge in [0.05, 0.1) is 4.47 Å². The summed E-state index contributed by atoms with van der Waals surface area (Å²) >= 11 is 3.08. The molecule has 0 aliphatic rings. The Bertz CT molecular complexity index is 581. The second kappa shape index (κ2) is 5.70. The van der Waals surface area contributed by atoms with Crippen LogP contribution in [0.5, 0.6) is 0 Å². The summed E-state index contributed by atoms with van der Waals surface area (Å²) in [6, 6.07) is 10.5. The molecule has 0 radical (unpaired) electrons. The molecule has 0 saturated carbocycles. The van der Waals surface area contributed by atoms with Crippen LogP contribution in [-0.4, -0.2) is 7.05 Å². The van der Waals surface area contributed by atoms with E-state index in [2.05, 4.69) is 15.9 Å². The number of hydrogen-bond donors (Lipinski definition) is 0. The average Bonchev–Trinajstić information content (AvgIpc) is 2.40. The van der Waals surface area contributed by atoms with E-state index in [1.807, 2.05) is 43.1 Å². The zero-order valence-electron chi connectivity index (χ0n) is 10.8. The Labute approximate surface area is 120 Å². The zero-order valence-corrected chi connectivity index (χ0v) is 12.3. The first-order chi connectivity index (χ1) is 8.99. The molecule has 4 heteroatoms. The largest absolute Gasteiger partial charge is 0.370 e. The van der Waals surface area contributed by atoms with Crippen LogP contribution in [-0.2, 0) is 6.54 Å². The molecule has 0 N–H and O–H groups in total. The van der Waals surface area contributed by atoms with Crippen molar-refractivity contribution in [2.75, 3.05) is 11.9 Å². The van der Waals surface area contributed by atoms with Crippen LogP contribution in [0.25, 0.3) is 0 Å². The molecule has 2 aromatic carbocycles. The molecule has 0 fully saturated rings. The summed E-state index contributed by atoms with van der Waals surface area (Å²) in [6.07, 6.45) is 0. The molecule has 0 aliphatic heterocycles. The smallest absolute Gasteiger partial charge is 0.145 e. The van der Waals surface area contributed by atoms with Gasteiger partial charge in [0.15, 0.2) is 0 Å². The molecule has 1 nitrogen and oxygen atoms in total. The topological polar surface area (TPSA) is 3.24 Å². The zero-order chi connectivity index (χ0) is 14.0. The lowest BCUT2D eigenvalue weighted by Crippen LogP contribution is -2.18. The van der Waals surface area contributed by atoms with Gasteiger partial charge in [-0.25, -0.2) is 8.78 Å². The van der Waals surface area contributed by atoms with Gasteiger partial charge in [-0.15, -0.1) is 0 Å². The van der Waals surface area contributed by atoms with Crippen LogP contribution >= 0.6 is 15.9 Å². The monoisotopic (exact) mass is 325 g/mol. The van der Waals surface area contributed by atoms with Crippen LogP contribution in [0.2, 0.25) is 0 Å². The molecule has 0 heterocycles. The van der Waals surface area contributed by atoms with Gasteiger partial charge in [0.25, 0.3) is 0 Å². The highest BCUT2D eigenvalue weighted by atomic mass is 79.9. The number of aryl methyl sites for hydroxylation is 1. The average molecular weight is 326 g/mol. The van der Waals surface area contributed by atoms with Gasteiger partial charge < -0.3 is 4.90 Å². The van der Waals surface area contributed by atoms with Gasteiger partial charge in [0, 0.05) is 24.8 Å². The van der Waals surface area contributed by atoms with E-state index < -0.39 is 11.6 Å². The first kappa shape index (κ1) is 14.0. The fourth-order valence-corrected chi connectivity index (χ4v) is 2.21. The molecule has 2 aromatic rings. The van der Waals surface area contributed by atoms with Crippen molar-refractivity contribution in [2.24, 2.45) is 0 Å². The maximum atomic E-state index is 13.9. The summed E-state index contributed by atoms with van der Waals surface area (Å²) in [7, 11) is 1.81. The van der Waals surface area contributed by atoms with E-state index in [1.54, 1.807) is 0 Å². The molecule has 0 bridgehead atoms. The highest BCUT2D eigenvalue weighted by molar-refractivity contribution is 9.10. The number of hydrogen-bond acceptors (Lipinski definition) is 1. The summed E-state index contributed by atoms with van der Waals surface area (Å²) in [5.74, 6) is -1.07. The Kier molecular flexibility index (Phi) is 4.20. The molecule has 0 spiro atoms. The van der Waals surface area contributed by atoms with Crippen LogP contribution in [0.3, 0.4) is 0 Å². The first-order valence-electron chi connectivity index (χ1n) is 5.89. The van der Waals surface area contributed by atoms with Crippen molar-refractivity contribution in [1.29, 1.82) is 0 Å². The van der Waals surface area contributed by atoms with Crippen LogP contribution in [0.15, 0.2) is 40.9 Å². The third-order valence-electron chi connectivity index (χ3n) is 3.01. The number of benzene rings is 2. The van der Waals surface area contributed by atoms with Crippen molar-refractivity contribution in [1.82, 2.24) is 0 Å². The van der Waals surface area contributed by atoms with Gasteiger partial charge in [0.2, 0.25) is 0 Å². The molecule has 0 atom stereocenters. The Balaban J connectivity index is 2.26. The second-order valence-corrected chi connectivity index (χ2v) is 5.37. The summed E-state index contributed by atoms with van der Waals surface area (Å²) < 4.78 is 27.9. The van der Waals surface area contributed by atoms with Crippen LogP contribution < -0.4 is 4.90 Å². The minimum atomic E-state index is -0.543. The summed E-state index contributed by atoms with van der Waals surface area (Å²) in [5.41, 5.74) is 2.14. The molecule has 2 rings (SSSR count). The Morgan fingerprint density at radius 3 is 2.32 bits per heavy atom. The van der Waals surface area contributed by atoms with Gasteiger partial charge in [-0.05, 0) is 47.1 Å². The molecular formula is C15H14BrF2N. The van der Waals surface area contributed by atoms with Gasteiger partial charge >= 0.3 is 0 Å². The molecule has 0 aliphatic carbocycles. The van der Waals surface area contributed by atoms with E-state index in [-0.39, 0.29) is 16.6 Å². The minimum Gasteiger partial charge on any atom is -0.370 e. The first-order valence-corrected chi connectivity index (χ1v) is 6.68. The van der Waals surface area contributed by atoms with Gasteiger partial charge in [0.1, 0.15) is 11.6 Å². The highest BCUT2D eigenvalue weighted by Crippen LogP contribution is 2.24. The van der Waals surface area contributed by atoms with Crippen molar-refractivity contribution in [3.63, 3.8) is 0 Å². The Hall–Kier alpha value is -1.42. The molecule has 0 unspecified atom stereocenters. The summed E-state index contributed by atoms with van der Waals surface area (Å²) in [4.78, 5) is 1.81. The summed E-state index contributed by atoms with van der Waals surface area (Å²) in [6.45, 7) is 2.18. The maximum Gasteiger partial charge on any atom is 0.145 e. The minimum absolute atomic E-state index is 0.0671. The molecule has 0 amide bonds. The predicted molar refractivity (Wildman–Crippen MR) is 77.3 cm³/mol. The third kappa shape index (κ3) is 3.13. The third-order valence-corrected chi connectivity index (χ3v) is 3.62. The maximum absolute atomic E-state index is 13.9. The van der Waals surface area contributed by atoms with Crippen molar-refractivity contribution in [2.45, 2.75) is 13.5 Å². The number of anilines is 1. The van der Waals surface area contributed by atoms with Crippen molar-refractivity contribution in [3.05, 3.63) is 63.6 Å². The Morgan fingerprint density at radius 1 is 1.05 bits per heavy atom. The number of halogens is 3. The molecular weight excluding hydrogens is 312 g/mol. The summed E-state index contributed by atoms with van der Waals surface area (Å²) in [5, 5.41) is 0. The van der Waals surface area contributed by atoms with E-state index >= 15 is 0 Å². The van der Waals surface area contributed by atoms with E-state index in [4.69, 9.17) is 0 Å². The van der Waals surface area contributed by atoms with Crippen LogP contribution in [0.1, 0.15) is 11.1 Å². The molecule has 0 saturated heterocycles. The predicted octanol–water partition coefficient (Wildman–Crippen LogP) is 4.67. The van der Waals surface area contributed by atoms with Crippen LogP contribution in [0.4, 0.5) is 14.5 Å². The molecule has 0 aromatic heterocycles. The van der Waals surface area contributed by atoms with Crippen molar-refractivity contribution < 1.29 is 8.78 Å². The lowest BCUT2D eigenvalue weighted by Gasteiger charge is -2.20. The highest BCUT2D eigenvalue weighted by Gasteiger charge is 2.14. The van der Waals surface area contributed by atoms with Crippen molar-refractivity contribution >= 4 is 21.6 Å². The fourth-order valence-electron chi connectivity index (χ4n) is 1.84. The van der Waals surface area contributed by atoms with E-state index in [9.17, 15) is 8.78 Å². The van der Waals surface area contributed by atoms with E-state index in [0.717, 1.165) is 11.3 Å². The molecule has 100 valence electrons. The van der Waals surface area contributed by atoms with Gasteiger partial charge in [-0.3, -0.25) is 0 Å². The Morgan fingerprint density at radius 2 is 1.68 bits per heavy atom. The number of nitrogens with zero attached hydrogens (tertiary/aromatic N) is 1. The van der Waals surface area contributed by atoms with Gasteiger partial charge in [-0.1, -0.05) is 17.7 Å². The second-order valence-electron chi connectivity index (χ2n) is 4.51. The van der Waals surface area contributed by atoms with E-state index in [1.165, 1.54) is 12.1 Å². The quantitative estimate of drug-likeness (QED) is 0.741. The fraction of sp³-hybridized carbons (Fsp3) is 0.200.